The zero-order valence-electron chi connectivity index (χ0n) is 12.6. The molecular weight excluding hydrogens is 300 g/mol. The lowest BCUT2D eigenvalue weighted by molar-refractivity contribution is 0.535. The zero-order valence-corrected chi connectivity index (χ0v) is 14.2. The van der Waals surface area contributed by atoms with E-state index in [1.54, 1.807) is 0 Å². The Morgan fingerprint density at radius 3 is 2.00 bits per heavy atom. The predicted octanol–water partition coefficient (Wildman–Crippen LogP) is 4.93. The molecule has 108 valence electrons. The van der Waals surface area contributed by atoms with E-state index in [0.717, 1.165) is 35.1 Å². The van der Waals surface area contributed by atoms with Crippen LogP contribution in [0.3, 0.4) is 0 Å². The molecule has 0 amide bonds. The fourth-order valence-electron chi connectivity index (χ4n) is 1.99. The Balaban J connectivity index is 2.81. The molecule has 0 aliphatic rings. The Kier molecular flexibility index (Phi) is 6.70. The fraction of sp³-hybridized carbons (Fsp3) is 0.625. The van der Waals surface area contributed by atoms with Gasteiger partial charge in [0.1, 0.15) is 0 Å². The molecule has 1 aromatic rings. The summed E-state index contributed by atoms with van der Waals surface area (Å²) in [7, 11) is 0. The molecule has 0 bridgehead atoms. The Morgan fingerprint density at radius 2 is 1.58 bits per heavy atom. The summed E-state index contributed by atoms with van der Waals surface area (Å²) in [4.78, 5) is 2.43. The molecule has 3 heteroatoms. The van der Waals surface area contributed by atoms with E-state index in [4.69, 9.17) is 5.73 Å². The van der Waals surface area contributed by atoms with Crippen LogP contribution in [0, 0.1) is 11.8 Å². The summed E-state index contributed by atoms with van der Waals surface area (Å²) in [6.07, 6.45) is 2.40. The molecular formula is C16H27BrN2. The van der Waals surface area contributed by atoms with E-state index in [0.29, 0.717) is 0 Å². The van der Waals surface area contributed by atoms with Crippen molar-refractivity contribution in [3.8, 4) is 0 Å². The molecule has 0 heterocycles. The maximum absolute atomic E-state index is 6.16. The maximum atomic E-state index is 6.16. The average Bonchev–Trinajstić information content (AvgIpc) is 2.30. The highest BCUT2D eigenvalue weighted by Crippen LogP contribution is 2.27. The van der Waals surface area contributed by atoms with Crippen molar-refractivity contribution in [1.82, 2.24) is 0 Å². The molecule has 2 N–H and O–H groups in total. The van der Waals surface area contributed by atoms with Crippen LogP contribution in [-0.4, -0.2) is 13.1 Å². The van der Waals surface area contributed by atoms with Gasteiger partial charge >= 0.3 is 0 Å². The lowest BCUT2D eigenvalue weighted by Gasteiger charge is -2.28. The molecule has 19 heavy (non-hydrogen) atoms. The molecule has 0 unspecified atom stereocenters. The predicted molar refractivity (Wildman–Crippen MR) is 89.7 cm³/mol. The van der Waals surface area contributed by atoms with Gasteiger partial charge in [-0.25, -0.2) is 0 Å². The monoisotopic (exact) mass is 326 g/mol. The van der Waals surface area contributed by atoms with Crippen molar-refractivity contribution >= 4 is 27.3 Å². The summed E-state index contributed by atoms with van der Waals surface area (Å²) < 4.78 is 1.04. The van der Waals surface area contributed by atoms with Crippen molar-refractivity contribution in [2.24, 2.45) is 11.8 Å². The summed E-state index contributed by atoms with van der Waals surface area (Å²) in [5.41, 5.74) is 8.20. The number of benzene rings is 1. The van der Waals surface area contributed by atoms with Crippen molar-refractivity contribution < 1.29 is 0 Å². The quantitative estimate of drug-likeness (QED) is 0.720. The van der Waals surface area contributed by atoms with E-state index >= 15 is 0 Å². The number of hydrogen-bond donors (Lipinski definition) is 1. The van der Waals surface area contributed by atoms with Crippen molar-refractivity contribution in [2.75, 3.05) is 23.7 Å². The molecule has 2 nitrogen and oxygen atoms in total. The fourth-order valence-corrected chi connectivity index (χ4v) is 2.37. The number of anilines is 2. The van der Waals surface area contributed by atoms with Crippen LogP contribution in [-0.2, 0) is 0 Å². The van der Waals surface area contributed by atoms with E-state index in [9.17, 15) is 0 Å². The summed E-state index contributed by atoms with van der Waals surface area (Å²) in [5, 5.41) is 0. The second kappa shape index (κ2) is 7.78. The number of nitrogens with two attached hydrogens (primary N) is 1. The highest BCUT2D eigenvalue weighted by molar-refractivity contribution is 9.10. The highest BCUT2D eigenvalue weighted by Gasteiger charge is 2.11. The highest BCUT2D eigenvalue weighted by atomic mass is 79.9. The summed E-state index contributed by atoms with van der Waals surface area (Å²) in [6, 6.07) is 6.19. The lowest BCUT2D eigenvalue weighted by Crippen LogP contribution is -2.28. The van der Waals surface area contributed by atoms with E-state index in [2.05, 4.69) is 60.7 Å². The third kappa shape index (κ3) is 5.85. The van der Waals surface area contributed by atoms with Crippen molar-refractivity contribution in [2.45, 2.75) is 40.5 Å². The van der Waals surface area contributed by atoms with Crippen LogP contribution >= 0.6 is 15.9 Å². The second-order valence-corrected chi connectivity index (χ2v) is 6.97. The normalized spacial score (nSPS) is 11.3. The van der Waals surface area contributed by atoms with Gasteiger partial charge < -0.3 is 10.6 Å². The van der Waals surface area contributed by atoms with Crippen molar-refractivity contribution in [1.29, 1.82) is 0 Å². The first kappa shape index (κ1) is 16.4. The Morgan fingerprint density at radius 1 is 1.05 bits per heavy atom. The standard InChI is InChI=1S/C16H27BrN2/c1-12(2)7-9-19(10-8-13(3)4)16-6-5-14(17)11-15(16)18/h5-6,11-13H,7-10,18H2,1-4H3. The van der Waals surface area contributed by atoms with E-state index in [1.807, 2.05) is 6.07 Å². The first-order valence-electron chi connectivity index (χ1n) is 7.20. The molecule has 1 rings (SSSR count). The van der Waals surface area contributed by atoms with Gasteiger partial charge in [0.15, 0.2) is 0 Å². The molecule has 0 saturated heterocycles. The van der Waals surface area contributed by atoms with Crippen LogP contribution in [0.1, 0.15) is 40.5 Å². The summed E-state index contributed by atoms with van der Waals surface area (Å²) >= 11 is 3.47. The SMILES string of the molecule is CC(C)CCN(CCC(C)C)c1ccc(Br)cc1N. The van der Waals surface area contributed by atoms with Gasteiger partial charge in [-0.1, -0.05) is 43.6 Å². The minimum absolute atomic E-state index is 0.721. The van der Waals surface area contributed by atoms with Gasteiger partial charge in [0.2, 0.25) is 0 Å². The number of rotatable bonds is 7. The van der Waals surface area contributed by atoms with Crippen LogP contribution in [0.4, 0.5) is 11.4 Å². The first-order chi connectivity index (χ1) is 8.90. The number of hydrogen-bond acceptors (Lipinski definition) is 2. The molecule has 0 fully saturated rings. The largest absolute Gasteiger partial charge is 0.397 e. The second-order valence-electron chi connectivity index (χ2n) is 6.06. The number of nitrogens with zero attached hydrogens (tertiary/aromatic N) is 1. The number of nitrogen functional groups attached to an aromatic ring is 1. The Bertz CT molecular complexity index is 376. The van der Waals surface area contributed by atoms with Crippen molar-refractivity contribution in [3.63, 3.8) is 0 Å². The third-order valence-electron chi connectivity index (χ3n) is 3.28. The molecule has 0 saturated carbocycles. The Labute approximate surface area is 126 Å². The zero-order chi connectivity index (χ0) is 14.4. The van der Waals surface area contributed by atoms with E-state index in [-0.39, 0.29) is 0 Å². The van der Waals surface area contributed by atoms with Gasteiger partial charge in [-0.2, -0.15) is 0 Å². The third-order valence-corrected chi connectivity index (χ3v) is 3.78. The van der Waals surface area contributed by atoms with Crippen LogP contribution in [0.5, 0.6) is 0 Å². The average molecular weight is 327 g/mol. The molecule has 0 atom stereocenters. The topological polar surface area (TPSA) is 29.3 Å². The van der Waals surface area contributed by atoms with Gasteiger partial charge in [-0.3, -0.25) is 0 Å². The van der Waals surface area contributed by atoms with E-state index in [1.165, 1.54) is 18.5 Å². The van der Waals surface area contributed by atoms with Gasteiger partial charge in [0.25, 0.3) is 0 Å². The van der Waals surface area contributed by atoms with Gasteiger partial charge in [0.05, 0.1) is 11.4 Å². The minimum Gasteiger partial charge on any atom is -0.397 e. The first-order valence-corrected chi connectivity index (χ1v) is 7.99. The molecule has 1 aromatic carbocycles. The van der Waals surface area contributed by atoms with Gasteiger partial charge in [-0.05, 0) is 42.9 Å². The summed E-state index contributed by atoms with van der Waals surface area (Å²) in [5.74, 6) is 1.44. The molecule has 0 aliphatic carbocycles. The number of halogens is 1. The maximum Gasteiger partial charge on any atom is 0.0600 e. The van der Waals surface area contributed by atoms with Gasteiger partial charge in [0, 0.05) is 17.6 Å². The van der Waals surface area contributed by atoms with Crippen LogP contribution in [0.15, 0.2) is 22.7 Å². The molecule has 0 radical (unpaired) electrons. The summed E-state index contributed by atoms with van der Waals surface area (Å²) in [6.45, 7) is 11.2. The van der Waals surface area contributed by atoms with E-state index < -0.39 is 0 Å². The lowest BCUT2D eigenvalue weighted by atomic mass is 10.1. The van der Waals surface area contributed by atoms with Crippen LogP contribution in [0.25, 0.3) is 0 Å². The molecule has 0 aromatic heterocycles. The van der Waals surface area contributed by atoms with Gasteiger partial charge in [-0.15, -0.1) is 0 Å². The van der Waals surface area contributed by atoms with Crippen molar-refractivity contribution in [3.05, 3.63) is 22.7 Å². The minimum atomic E-state index is 0.721. The van der Waals surface area contributed by atoms with Crippen LogP contribution < -0.4 is 10.6 Å². The smallest absolute Gasteiger partial charge is 0.0600 e. The molecule has 0 aliphatic heterocycles. The van der Waals surface area contributed by atoms with Crippen LogP contribution in [0.2, 0.25) is 0 Å². The molecule has 0 spiro atoms. The Hall–Kier alpha value is -0.700.